The molecule has 0 radical (unpaired) electrons. The molecule has 0 amide bonds. The molecule has 5 N–H and O–H groups in total. The zero-order valence-electron chi connectivity index (χ0n) is 22.4. The highest BCUT2D eigenvalue weighted by Crippen LogP contribution is 2.31. The van der Waals surface area contributed by atoms with E-state index < -0.39 is 11.9 Å². The smallest absolute Gasteiger partial charge is 0.312 e. The molecule has 8 nitrogen and oxygen atoms in total. The lowest BCUT2D eigenvalue weighted by Crippen LogP contribution is -2.34. The van der Waals surface area contributed by atoms with E-state index in [-0.39, 0.29) is 17.0 Å². The van der Waals surface area contributed by atoms with E-state index in [1.54, 1.807) is 12.1 Å². The van der Waals surface area contributed by atoms with Crippen LogP contribution in [0.3, 0.4) is 0 Å². The molecule has 0 aliphatic carbocycles. The van der Waals surface area contributed by atoms with Crippen molar-refractivity contribution in [3.8, 4) is 0 Å². The lowest BCUT2D eigenvalue weighted by molar-refractivity contribution is -0.138. The molecule has 0 saturated heterocycles. The lowest BCUT2D eigenvalue weighted by atomic mass is 10.0. The number of hydrogen-bond donors (Lipinski definition) is 3. The molecule has 0 saturated carbocycles. The van der Waals surface area contributed by atoms with E-state index in [9.17, 15) is 14.7 Å². The first kappa shape index (κ1) is 29.7. The van der Waals surface area contributed by atoms with Gasteiger partial charge >= 0.3 is 5.97 Å². The number of ether oxygens (including phenoxy) is 2. The number of hydrogen-bond acceptors (Lipinski definition) is 6. The van der Waals surface area contributed by atoms with Gasteiger partial charge in [0.25, 0.3) is 0 Å². The van der Waals surface area contributed by atoms with Crippen LogP contribution in [0.2, 0.25) is 0 Å². The molecule has 0 spiro atoms. The summed E-state index contributed by atoms with van der Waals surface area (Å²) in [6.07, 6.45) is 2.34. The number of ketones is 1. The third-order valence-corrected chi connectivity index (χ3v) is 6.32. The van der Waals surface area contributed by atoms with Gasteiger partial charge in [-0.3, -0.25) is 9.59 Å². The standard InChI is InChI=1S/C21H26N2O4.C7H17NO/c1-21(2,13-22)27-12-10-14-3-5-15(6-4-14)19(24)18-8-7-17-16(20(25)26)9-11-23(17)18;1-4-5-9-7(2,3)6-8/h3-8,16H,9-13,22H2,1-2H3,(H,25,26);4-6,8H2,1-3H3. The fraction of sp³-hybridized carbons (Fsp3) is 0.571. The summed E-state index contributed by atoms with van der Waals surface area (Å²) in [6, 6.07) is 11.0. The predicted octanol–water partition coefficient (Wildman–Crippen LogP) is 3.74. The van der Waals surface area contributed by atoms with Crippen LogP contribution in [-0.4, -0.2) is 58.9 Å². The molecule has 1 aliphatic rings. The molecule has 36 heavy (non-hydrogen) atoms. The van der Waals surface area contributed by atoms with Crippen LogP contribution in [0.25, 0.3) is 0 Å². The first-order chi connectivity index (χ1) is 16.9. The Morgan fingerprint density at radius 3 is 2.08 bits per heavy atom. The molecular formula is C28H43N3O5. The number of fused-ring (bicyclic) bond motifs is 1. The number of benzene rings is 1. The first-order valence-electron chi connectivity index (χ1n) is 12.7. The summed E-state index contributed by atoms with van der Waals surface area (Å²) in [5, 5.41) is 9.28. The number of rotatable bonds is 12. The van der Waals surface area contributed by atoms with Gasteiger partial charge in [-0.2, -0.15) is 0 Å². The Balaban J connectivity index is 0.000000434. The highest BCUT2D eigenvalue weighted by atomic mass is 16.5. The molecule has 3 rings (SSSR count). The molecule has 1 aromatic carbocycles. The molecule has 1 aliphatic heterocycles. The Labute approximate surface area is 215 Å². The van der Waals surface area contributed by atoms with E-state index in [0.29, 0.717) is 49.6 Å². The number of aliphatic carboxylic acids is 1. The van der Waals surface area contributed by atoms with E-state index in [1.165, 1.54) is 0 Å². The van der Waals surface area contributed by atoms with Gasteiger partial charge in [0.1, 0.15) is 0 Å². The average Bonchev–Trinajstić information content (AvgIpc) is 3.45. The van der Waals surface area contributed by atoms with Crippen LogP contribution in [0.1, 0.15) is 80.7 Å². The van der Waals surface area contributed by atoms with Gasteiger partial charge in [-0.15, -0.1) is 0 Å². The summed E-state index contributed by atoms with van der Waals surface area (Å²) < 4.78 is 13.0. The highest BCUT2D eigenvalue weighted by Gasteiger charge is 2.31. The van der Waals surface area contributed by atoms with Crippen molar-refractivity contribution in [1.29, 1.82) is 0 Å². The van der Waals surface area contributed by atoms with Gasteiger partial charge in [0.2, 0.25) is 5.78 Å². The molecule has 1 aromatic heterocycles. The number of carbonyl (C=O) groups is 2. The van der Waals surface area contributed by atoms with Crippen molar-refractivity contribution in [1.82, 2.24) is 4.57 Å². The Hall–Kier alpha value is -2.52. The zero-order valence-corrected chi connectivity index (χ0v) is 22.4. The van der Waals surface area contributed by atoms with Crippen LogP contribution in [-0.2, 0) is 27.2 Å². The molecule has 2 heterocycles. The summed E-state index contributed by atoms with van der Waals surface area (Å²) in [6.45, 7) is 13.0. The van der Waals surface area contributed by atoms with E-state index in [2.05, 4.69) is 6.92 Å². The van der Waals surface area contributed by atoms with Gasteiger partial charge in [-0.1, -0.05) is 31.2 Å². The van der Waals surface area contributed by atoms with Gasteiger partial charge in [-0.25, -0.2) is 0 Å². The summed E-state index contributed by atoms with van der Waals surface area (Å²) in [5.41, 5.74) is 13.6. The van der Waals surface area contributed by atoms with Crippen LogP contribution in [0, 0.1) is 0 Å². The molecule has 8 heteroatoms. The Morgan fingerprint density at radius 1 is 0.972 bits per heavy atom. The number of carboxylic acids is 1. The lowest BCUT2D eigenvalue weighted by Gasteiger charge is -2.23. The second kappa shape index (κ2) is 13.1. The normalized spacial score (nSPS) is 15.2. The number of nitrogens with zero attached hydrogens (tertiary/aromatic N) is 1. The van der Waals surface area contributed by atoms with Crippen LogP contribution < -0.4 is 11.5 Å². The number of nitrogens with two attached hydrogens (primary N) is 2. The minimum Gasteiger partial charge on any atom is -0.481 e. The molecule has 0 bridgehead atoms. The second-order valence-electron chi connectivity index (χ2n) is 10.4. The Kier molecular flexibility index (Phi) is 10.8. The summed E-state index contributed by atoms with van der Waals surface area (Å²) >= 11 is 0. The maximum atomic E-state index is 12.8. The minimum atomic E-state index is -0.838. The van der Waals surface area contributed by atoms with Crippen molar-refractivity contribution in [3.05, 3.63) is 58.9 Å². The van der Waals surface area contributed by atoms with Crippen molar-refractivity contribution >= 4 is 11.8 Å². The number of aromatic nitrogens is 1. The Bertz CT molecular complexity index is 995. The molecule has 200 valence electrons. The van der Waals surface area contributed by atoms with Gasteiger partial charge in [-0.05, 0) is 64.7 Å². The van der Waals surface area contributed by atoms with E-state index >= 15 is 0 Å². The van der Waals surface area contributed by atoms with Gasteiger partial charge in [0.15, 0.2) is 0 Å². The van der Waals surface area contributed by atoms with E-state index in [0.717, 1.165) is 25.0 Å². The summed E-state index contributed by atoms with van der Waals surface area (Å²) in [5.74, 6) is -1.44. The maximum absolute atomic E-state index is 12.8. The second-order valence-corrected chi connectivity index (χ2v) is 10.4. The monoisotopic (exact) mass is 501 g/mol. The van der Waals surface area contributed by atoms with Crippen molar-refractivity contribution in [2.75, 3.05) is 26.3 Å². The molecular weight excluding hydrogens is 458 g/mol. The largest absolute Gasteiger partial charge is 0.481 e. The fourth-order valence-corrected chi connectivity index (χ4v) is 3.80. The van der Waals surface area contributed by atoms with E-state index in [1.807, 2.05) is 56.5 Å². The van der Waals surface area contributed by atoms with E-state index in [4.69, 9.17) is 20.9 Å². The average molecular weight is 502 g/mol. The van der Waals surface area contributed by atoms with Gasteiger partial charge < -0.3 is 30.6 Å². The fourth-order valence-electron chi connectivity index (χ4n) is 3.80. The topological polar surface area (TPSA) is 130 Å². The highest BCUT2D eigenvalue weighted by molar-refractivity contribution is 6.08. The third-order valence-electron chi connectivity index (χ3n) is 6.32. The van der Waals surface area contributed by atoms with Crippen molar-refractivity contribution in [2.45, 2.75) is 77.5 Å². The van der Waals surface area contributed by atoms with Crippen LogP contribution in [0.5, 0.6) is 0 Å². The van der Waals surface area contributed by atoms with Gasteiger partial charge in [0.05, 0.1) is 29.4 Å². The van der Waals surface area contributed by atoms with Crippen LogP contribution in [0.4, 0.5) is 0 Å². The molecule has 1 unspecified atom stereocenters. The molecule has 1 atom stereocenters. The number of carboxylic acid groups (broad SMARTS) is 1. The van der Waals surface area contributed by atoms with Crippen molar-refractivity contribution in [3.63, 3.8) is 0 Å². The van der Waals surface area contributed by atoms with Crippen LogP contribution >= 0.6 is 0 Å². The molecule has 0 fully saturated rings. The van der Waals surface area contributed by atoms with Crippen LogP contribution in [0.15, 0.2) is 36.4 Å². The van der Waals surface area contributed by atoms with Crippen molar-refractivity contribution < 1.29 is 24.2 Å². The number of carbonyl (C=O) groups excluding carboxylic acids is 1. The summed E-state index contributed by atoms with van der Waals surface area (Å²) in [4.78, 5) is 24.1. The summed E-state index contributed by atoms with van der Waals surface area (Å²) in [7, 11) is 0. The zero-order chi connectivity index (χ0) is 26.9. The van der Waals surface area contributed by atoms with Gasteiger partial charge in [0, 0.05) is 37.5 Å². The quantitative estimate of drug-likeness (QED) is 0.378. The Morgan fingerprint density at radius 2 is 1.56 bits per heavy atom. The first-order valence-corrected chi connectivity index (χ1v) is 12.7. The third kappa shape index (κ3) is 8.27. The minimum absolute atomic E-state index is 0.0839. The van der Waals surface area contributed by atoms with Crippen molar-refractivity contribution in [2.24, 2.45) is 11.5 Å². The molecule has 2 aromatic rings. The predicted molar refractivity (Wildman–Crippen MR) is 141 cm³/mol. The maximum Gasteiger partial charge on any atom is 0.312 e. The SMILES string of the molecule is CC(C)(CN)OCCc1ccc(C(=O)c2ccc3n2CCC3C(=O)O)cc1.CCCOC(C)(C)CN.